The highest BCUT2D eigenvalue weighted by Gasteiger charge is 2.16. The van der Waals surface area contributed by atoms with E-state index in [1.807, 2.05) is 0 Å². The molecule has 1 unspecified atom stereocenters. The molecular formula is C57H98O5. The molecule has 0 aromatic carbocycles. The zero-order valence-corrected chi connectivity index (χ0v) is 40.6. The topological polar surface area (TPSA) is 72.8 Å². The first-order chi connectivity index (χ1) is 30.6. The molecule has 0 aliphatic carbocycles. The Labute approximate surface area is 384 Å². The average molecular weight is 863 g/mol. The van der Waals surface area contributed by atoms with Crippen molar-refractivity contribution in [1.82, 2.24) is 0 Å². The Balaban J connectivity index is 3.54. The van der Waals surface area contributed by atoms with Crippen molar-refractivity contribution in [2.75, 3.05) is 13.2 Å². The summed E-state index contributed by atoms with van der Waals surface area (Å²) >= 11 is 0. The van der Waals surface area contributed by atoms with E-state index in [2.05, 4.69) is 98.9 Å². The molecule has 5 nitrogen and oxygen atoms in total. The lowest BCUT2D eigenvalue weighted by atomic mass is 10.0. The second-order valence-electron chi connectivity index (χ2n) is 17.2. The minimum absolute atomic E-state index is 0.0735. The van der Waals surface area contributed by atoms with Crippen LogP contribution in [-0.4, -0.2) is 36.4 Å². The van der Waals surface area contributed by atoms with Gasteiger partial charge in [-0.1, -0.05) is 227 Å². The predicted molar refractivity (Wildman–Crippen MR) is 269 cm³/mol. The minimum atomic E-state index is -0.781. The number of unbranched alkanes of at least 4 members (excludes halogenated alkanes) is 25. The molecule has 0 saturated carbocycles. The predicted octanol–water partition coefficient (Wildman–Crippen LogP) is 17.4. The summed E-state index contributed by atoms with van der Waals surface area (Å²) in [5, 5.41) is 9.64. The Bertz CT molecular complexity index is 1160. The highest BCUT2D eigenvalue weighted by molar-refractivity contribution is 5.70. The molecule has 1 N–H and O–H groups in total. The Morgan fingerprint density at radius 2 is 0.694 bits per heavy atom. The van der Waals surface area contributed by atoms with Crippen LogP contribution in [-0.2, 0) is 19.1 Å². The van der Waals surface area contributed by atoms with E-state index in [9.17, 15) is 14.7 Å². The molecule has 0 rings (SSSR count). The molecule has 0 aliphatic rings. The molecule has 356 valence electrons. The maximum atomic E-state index is 12.3. The van der Waals surface area contributed by atoms with Crippen LogP contribution >= 0.6 is 0 Å². The fraction of sp³-hybridized carbons (Fsp3) is 0.719. The van der Waals surface area contributed by atoms with Crippen molar-refractivity contribution in [2.24, 2.45) is 0 Å². The molecule has 1 atom stereocenters. The molecule has 62 heavy (non-hydrogen) atoms. The van der Waals surface area contributed by atoms with Gasteiger partial charge in [-0.2, -0.15) is 0 Å². The maximum Gasteiger partial charge on any atom is 0.306 e. The van der Waals surface area contributed by atoms with Crippen LogP contribution < -0.4 is 0 Å². The third kappa shape index (κ3) is 49.7. The molecule has 0 heterocycles. The van der Waals surface area contributed by atoms with Crippen molar-refractivity contribution in [3.05, 3.63) is 85.1 Å². The van der Waals surface area contributed by atoms with Crippen molar-refractivity contribution < 1.29 is 24.2 Å². The van der Waals surface area contributed by atoms with E-state index >= 15 is 0 Å². The van der Waals surface area contributed by atoms with Gasteiger partial charge in [-0.15, -0.1) is 0 Å². The van der Waals surface area contributed by atoms with Crippen molar-refractivity contribution >= 4 is 11.9 Å². The van der Waals surface area contributed by atoms with Gasteiger partial charge in [0.2, 0.25) is 0 Å². The lowest BCUT2D eigenvalue weighted by Crippen LogP contribution is -2.28. The molecule has 5 heteroatoms. The highest BCUT2D eigenvalue weighted by Crippen LogP contribution is 2.15. The summed E-state index contributed by atoms with van der Waals surface area (Å²) in [6, 6.07) is 0. The number of hydrogen-bond acceptors (Lipinski definition) is 5. The second-order valence-corrected chi connectivity index (χ2v) is 17.2. The first-order valence-corrected chi connectivity index (χ1v) is 26.1. The van der Waals surface area contributed by atoms with Gasteiger partial charge in [-0.25, -0.2) is 0 Å². The zero-order chi connectivity index (χ0) is 44.9. The van der Waals surface area contributed by atoms with Crippen LogP contribution in [0.3, 0.4) is 0 Å². The normalized spacial score (nSPS) is 12.9. The third-order valence-corrected chi connectivity index (χ3v) is 11.2. The van der Waals surface area contributed by atoms with Gasteiger partial charge in [0, 0.05) is 12.8 Å². The van der Waals surface area contributed by atoms with Crippen LogP contribution in [0.25, 0.3) is 0 Å². The molecule has 0 aromatic heterocycles. The van der Waals surface area contributed by atoms with Crippen LogP contribution in [0.5, 0.6) is 0 Å². The number of carbonyl (C=O) groups is 2. The number of aliphatic hydroxyl groups excluding tert-OH is 1. The number of rotatable bonds is 47. The molecular weight excluding hydrogens is 765 g/mol. The SMILES string of the molecule is CC/C=C\C/C=C\C/C=C\C/C=C\CCCCCCCCCCCCCCC(=O)OC(CO)COC(=O)CCCCCCCCCC/C=C\C/C=C\C/C=C\CCCCCCC. The summed E-state index contributed by atoms with van der Waals surface area (Å²) in [5.41, 5.74) is 0. The molecule has 0 fully saturated rings. The van der Waals surface area contributed by atoms with Crippen molar-refractivity contribution in [3.8, 4) is 0 Å². The first-order valence-electron chi connectivity index (χ1n) is 26.1. The number of esters is 2. The van der Waals surface area contributed by atoms with E-state index in [0.717, 1.165) is 77.0 Å². The highest BCUT2D eigenvalue weighted by atomic mass is 16.6. The van der Waals surface area contributed by atoms with E-state index in [-0.39, 0.29) is 25.2 Å². The molecule has 0 aliphatic heterocycles. The summed E-state index contributed by atoms with van der Waals surface area (Å²) in [6.07, 6.45) is 72.4. The Hall–Kier alpha value is -2.92. The van der Waals surface area contributed by atoms with Gasteiger partial charge in [0.25, 0.3) is 0 Å². The van der Waals surface area contributed by atoms with Crippen LogP contribution in [0.15, 0.2) is 85.1 Å². The maximum absolute atomic E-state index is 12.3. The van der Waals surface area contributed by atoms with Gasteiger partial charge in [-0.05, 0) is 89.9 Å². The lowest BCUT2D eigenvalue weighted by molar-refractivity contribution is -0.161. The third-order valence-electron chi connectivity index (χ3n) is 11.2. The Morgan fingerprint density at radius 3 is 1.05 bits per heavy atom. The molecule has 0 aromatic rings. The molecule has 0 saturated heterocycles. The largest absolute Gasteiger partial charge is 0.462 e. The van der Waals surface area contributed by atoms with Gasteiger partial charge in [0.1, 0.15) is 6.61 Å². The summed E-state index contributed by atoms with van der Waals surface area (Å²) in [7, 11) is 0. The number of allylic oxidation sites excluding steroid dienone is 14. The van der Waals surface area contributed by atoms with E-state index < -0.39 is 6.10 Å². The fourth-order valence-electron chi connectivity index (χ4n) is 7.26. The monoisotopic (exact) mass is 863 g/mol. The smallest absolute Gasteiger partial charge is 0.306 e. The van der Waals surface area contributed by atoms with E-state index in [0.29, 0.717) is 12.8 Å². The first kappa shape index (κ1) is 59.1. The minimum Gasteiger partial charge on any atom is -0.462 e. The van der Waals surface area contributed by atoms with E-state index in [1.165, 1.54) is 141 Å². The summed E-state index contributed by atoms with van der Waals surface area (Å²) < 4.78 is 10.7. The van der Waals surface area contributed by atoms with Crippen LogP contribution in [0.2, 0.25) is 0 Å². The molecule has 0 bridgehead atoms. The second kappa shape index (κ2) is 52.4. The summed E-state index contributed by atoms with van der Waals surface area (Å²) in [4.78, 5) is 24.5. The quantitative estimate of drug-likeness (QED) is 0.0375. The molecule has 0 radical (unpaired) electrons. The van der Waals surface area contributed by atoms with Crippen molar-refractivity contribution in [1.29, 1.82) is 0 Å². The van der Waals surface area contributed by atoms with Gasteiger partial charge in [0.05, 0.1) is 6.61 Å². The van der Waals surface area contributed by atoms with Crippen LogP contribution in [0, 0.1) is 0 Å². The zero-order valence-electron chi connectivity index (χ0n) is 40.6. The van der Waals surface area contributed by atoms with Crippen molar-refractivity contribution in [3.63, 3.8) is 0 Å². The van der Waals surface area contributed by atoms with Gasteiger partial charge < -0.3 is 14.6 Å². The van der Waals surface area contributed by atoms with Gasteiger partial charge in [0.15, 0.2) is 6.10 Å². The van der Waals surface area contributed by atoms with E-state index in [4.69, 9.17) is 9.47 Å². The summed E-state index contributed by atoms with van der Waals surface area (Å²) in [6.45, 7) is 4.02. The molecule has 0 amide bonds. The van der Waals surface area contributed by atoms with Gasteiger partial charge in [-0.3, -0.25) is 9.59 Å². The Morgan fingerprint density at radius 1 is 0.387 bits per heavy atom. The number of aliphatic hydroxyl groups is 1. The fourth-order valence-corrected chi connectivity index (χ4v) is 7.26. The standard InChI is InChI=1S/C57H98O5/c1-3-5-7-9-11-13-15-17-19-21-23-25-27-28-30-32-34-36-38-40-42-44-46-48-50-52-57(60)62-55(53-58)54-61-56(59)51-49-47-45-43-41-39-37-35-33-31-29-26-24-22-20-18-16-14-12-10-8-6-4-2/h5,7,11,13,16-19,22-25,29,31,55,58H,3-4,6,8-10,12,14-15,20-21,26-28,30,32-54H2,1-2H3/b7-5-,13-11-,18-16-,19-17-,24-22-,25-23-,31-29-. The number of carbonyl (C=O) groups excluding carboxylic acids is 2. The molecule has 0 spiro atoms. The average Bonchev–Trinajstić information content (AvgIpc) is 3.28. The number of ether oxygens (including phenoxy) is 2. The summed E-state index contributed by atoms with van der Waals surface area (Å²) in [5.74, 6) is -0.600. The van der Waals surface area contributed by atoms with Gasteiger partial charge >= 0.3 is 11.9 Å². The van der Waals surface area contributed by atoms with Crippen LogP contribution in [0.1, 0.15) is 245 Å². The Kier molecular flexibility index (Phi) is 50.0. The van der Waals surface area contributed by atoms with Crippen LogP contribution in [0.4, 0.5) is 0 Å². The lowest BCUT2D eigenvalue weighted by Gasteiger charge is -2.15. The number of hydrogen-bond donors (Lipinski definition) is 1. The van der Waals surface area contributed by atoms with Crippen molar-refractivity contribution in [2.45, 2.75) is 251 Å². The van der Waals surface area contributed by atoms with E-state index in [1.54, 1.807) is 0 Å².